The number of benzene rings is 2. The van der Waals surface area contributed by atoms with Crippen molar-refractivity contribution in [1.82, 2.24) is 14.7 Å². The molecule has 0 saturated carbocycles. The third-order valence-electron chi connectivity index (χ3n) is 6.41. The molecular formula is C26H30ClN3O4. The molecule has 2 fully saturated rings. The van der Waals surface area contributed by atoms with Gasteiger partial charge in [-0.25, -0.2) is 4.79 Å². The molecule has 2 amide bonds. The summed E-state index contributed by atoms with van der Waals surface area (Å²) in [6.07, 6.45) is 1.54. The maximum Gasteiger partial charge on any atom is 0.328 e. The largest absolute Gasteiger partial charge is 0.465 e. The Hall–Kier alpha value is -2.90. The van der Waals surface area contributed by atoms with Crippen molar-refractivity contribution in [1.29, 1.82) is 0 Å². The van der Waals surface area contributed by atoms with Crippen molar-refractivity contribution in [2.75, 3.05) is 39.3 Å². The third kappa shape index (κ3) is 5.59. The van der Waals surface area contributed by atoms with Crippen molar-refractivity contribution in [2.45, 2.75) is 32.4 Å². The molecule has 0 radical (unpaired) electrons. The summed E-state index contributed by atoms with van der Waals surface area (Å²) in [5.41, 5.74) is 2.48. The minimum absolute atomic E-state index is 0.0253. The van der Waals surface area contributed by atoms with Gasteiger partial charge < -0.3 is 14.5 Å². The van der Waals surface area contributed by atoms with E-state index < -0.39 is 6.04 Å². The van der Waals surface area contributed by atoms with Crippen LogP contribution in [0.4, 0.5) is 0 Å². The molecule has 2 heterocycles. The molecule has 4 rings (SSSR count). The first-order valence-electron chi connectivity index (χ1n) is 11.8. The maximum absolute atomic E-state index is 13.1. The number of halogens is 1. The van der Waals surface area contributed by atoms with Gasteiger partial charge in [-0.3, -0.25) is 14.5 Å². The first kappa shape index (κ1) is 24.2. The molecule has 1 unspecified atom stereocenters. The monoisotopic (exact) mass is 483 g/mol. The molecule has 180 valence electrons. The fourth-order valence-corrected chi connectivity index (χ4v) is 4.70. The van der Waals surface area contributed by atoms with E-state index >= 15 is 0 Å². The highest BCUT2D eigenvalue weighted by Crippen LogP contribution is 2.26. The van der Waals surface area contributed by atoms with Crippen molar-refractivity contribution in [3.05, 3.63) is 70.2 Å². The quantitative estimate of drug-likeness (QED) is 0.563. The van der Waals surface area contributed by atoms with Crippen LogP contribution >= 0.6 is 11.6 Å². The molecule has 34 heavy (non-hydrogen) atoms. The third-order valence-corrected chi connectivity index (χ3v) is 6.66. The first-order valence-corrected chi connectivity index (χ1v) is 12.2. The summed E-state index contributed by atoms with van der Waals surface area (Å²) in [6.45, 7) is 5.66. The highest BCUT2D eigenvalue weighted by atomic mass is 35.5. The number of rotatable bonds is 7. The van der Waals surface area contributed by atoms with Crippen LogP contribution in [0.2, 0.25) is 5.02 Å². The van der Waals surface area contributed by atoms with E-state index in [-0.39, 0.29) is 17.8 Å². The van der Waals surface area contributed by atoms with E-state index in [0.29, 0.717) is 56.3 Å². The molecule has 2 aromatic carbocycles. The van der Waals surface area contributed by atoms with Crippen LogP contribution in [0.5, 0.6) is 0 Å². The molecule has 2 aliphatic rings. The lowest BCUT2D eigenvalue weighted by Crippen LogP contribution is -2.51. The minimum atomic E-state index is -0.526. The number of hydrogen-bond donors (Lipinski definition) is 0. The van der Waals surface area contributed by atoms with Crippen LogP contribution in [0.25, 0.3) is 0 Å². The van der Waals surface area contributed by atoms with E-state index in [2.05, 4.69) is 4.90 Å². The van der Waals surface area contributed by atoms with Crippen LogP contribution in [0, 0.1) is 0 Å². The van der Waals surface area contributed by atoms with Crippen molar-refractivity contribution in [2.24, 2.45) is 0 Å². The summed E-state index contributed by atoms with van der Waals surface area (Å²) in [5.74, 6) is -0.128. The standard InChI is InChI=1S/C26H30ClN3O4/c1-2-34-26(33)24(20-9-11-22(27)12-10-20)28-14-16-29(17-15-28)25(32)21-7-5-19(6-8-21)18-30-13-3-4-23(30)31/h5-12,24H,2-4,13-18H2,1H3. The number of ether oxygens (including phenoxy) is 1. The molecule has 2 aliphatic heterocycles. The van der Waals surface area contributed by atoms with Crippen LogP contribution in [0.1, 0.15) is 47.3 Å². The number of carbonyl (C=O) groups is 3. The molecule has 2 aromatic rings. The van der Waals surface area contributed by atoms with Crippen LogP contribution in [0.15, 0.2) is 48.5 Å². The van der Waals surface area contributed by atoms with Gasteiger partial charge in [0.25, 0.3) is 5.91 Å². The Bertz CT molecular complexity index is 1020. The van der Waals surface area contributed by atoms with Crippen molar-refractivity contribution in [3.63, 3.8) is 0 Å². The first-order chi connectivity index (χ1) is 16.5. The predicted molar refractivity (Wildman–Crippen MR) is 129 cm³/mol. The fourth-order valence-electron chi connectivity index (χ4n) is 4.57. The number of carbonyl (C=O) groups excluding carboxylic acids is 3. The number of piperazine rings is 1. The summed E-state index contributed by atoms with van der Waals surface area (Å²) >= 11 is 6.02. The number of esters is 1. The summed E-state index contributed by atoms with van der Waals surface area (Å²) in [5, 5.41) is 0.611. The SMILES string of the molecule is CCOC(=O)C(c1ccc(Cl)cc1)N1CCN(C(=O)c2ccc(CN3CCCC3=O)cc2)CC1. The average molecular weight is 484 g/mol. The maximum atomic E-state index is 13.1. The molecule has 0 aliphatic carbocycles. The Balaban J connectivity index is 1.37. The molecule has 2 saturated heterocycles. The van der Waals surface area contributed by atoms with E-state index in [4.69, 9.17) is 16.3 Å². The molecule has 0 spiro atoms. The number of nitrogens with zero attached hydrogens (tertiary/aromatic N) is 3. The lowest BCUT2D eigenvalue weighted by Gasteiger charge is -2.38. The van der Waals surface area contributed by atoms with E-state index in [0.717, 1.165) is 24.1 Å². The van der Waals surface area contributed by atoms with Crippen molar-refractivity contribution in [3.8, 4) is 0 Å². The number of hydrogen-bond acceptors (Lipinski definition) is 5. The zero-order valence-corrected chi connectivity index (χ0v) is 20.2. The zero-order valence-electron chi connectivity index (χ0n) is 19.4. The van der Waals surface area contributed by atoms with Gasteiger partial charge in [0.2, 0.25) is 5.91 Å². The van der Waals surface area contributed by atoms with E-state index in [9.17, 15) is 14.4 Å². The molecule has 0 N–H and O–H groups in total. The second-order valence-electron chi connectivity index (χ2n) is 8.65. The van der Waals surface area contributed by atoms with Crippen LogP contribution in [-0.2, 0) is 20.9 Å². The molecule has 0 aromatic heterocycles. The Kier molecular flexibility index (Phi) is 7.85. The van der Waals surface area contributed by atoms with Crippen molar-refractivity contribution < 1.29 is 19.1 Å². The second-order valence-corrected chi connectivity index (χ2v) is 9.09. The molecule has 1 atom stereocenters. The minimum Gasteiger partial charge on any atom is -0.465 e. The Morgan fingerprint density at radius 1 is 0.971 bits per heavy atom. The van der Waals surface area contributed by atoms with E-state index in [1.165, 1.54) is 0 Å². The smallest absolute Gasteiger partial charge is 0.328 e. The summed E-state index contributed by atoms with van der Waals surface area (Å²) in [7, 11) is 0. The van der Waals surface area contributed by atoms with Gasteiger partial charge in [-0.05, 0) is 48.7 Å². The predicted octanol–water partition coefficient (Wildman–Crippen LogP) is 3.52. The van der Waals surface area contributed by atoms with Gasteiger partial charge in [-0.1, -0.05) is 35.9 Å². The molecular weight excluding hydrogens is 454 g/mol. The van der Waals surface area contributed by atoms with Gasteiger partial charge in [0.05, 0.1) is 6.61 Å². The highest BCUT2D eigenvalue weighted by Gasteiger charge is 2.33. The van der Waals surface area contributed by atoms with Gasteiger partial charge in [0.1, 0.15) is 6.04 Å². The molecule has 8 heteroatoms. The number of amides is 2. The molecule has 7 nitrogen and oxygen atoms in total. The normalized spacial score (nSPS) is 17.6. The van der Waals surface area contributed by atoms with Crippen LogP contribution in [-0.4, -0.2) is 71.8 Å². The number of likely N-dealkylation sites (tertiary alicyclic amines) is 1. The van der Waals surface area contributed by atoms with Gasteiger partial charge in [-0.15, -0.1) is 0 Å². The lowest BCUT2D eigenvalue weighted by atomic mass is 10.0. The van der Waals surface area contributed by atoms with Crippen LogP contribution in [0.3, 0.4) is 0 Å². The topological polar surface area (TPSA) is 70.2 Å². The van der Waals surface area contributed by atoms with Gasteiger partial charge in [0, 0.05) is 56.3 Å². The van der Waals surface area contributed by atoms with Crippen LogP contribution < -0.4 is 0 Å². The van der Waals surface area contributed by atoms with Crippen molar-refractivity contribution >= 4 is 29.4 Å². The average Bonchev–Trinajstić information content (AvgIpc) is 3.25. The molecule has 0 bridgehead atoms. The zero-order chi connectivity index (χ0) is 24.1. The van der Waals surface area contributed by atoms with Gasteiger partial charge in [-0.2, -0.15) is 0 Å². The fraction of sp³-hybridized carbons (Fsp3) is 0.423. The summed E-state index contributed by atoms with van der Waals surface area (Å²) < 4.78 is 5.33. The Morgan fingerprint density at radius 2 is 1.65 bits per heavy atom. The van der Waals surface area contributed by atoms with E-state index in [1.807, 2.05) is 46.2 Å². The van der Waals surface area contributed by atoms with E-state index in [1.54, 1.807) is 19.1 Å². The second kappa shape index (κ2) is 11.0. The summed E-state index contributed by atoms with van der Waals surface area (Å²) in [6, 6.07) is 14.2. The lowest BCUT2D eigenvalue weighted by molar-refractivity contribution is -0.150. The summed E-state index contributed by atoms with van der Waals surface area (Å²) in [4.78, 5) is 43.4. The van der Waals surface area contributed by atoms with Gasteiger partial charge >= 0.3 is 5.97 Å². The highest BCUT2D eigenvalue weighted by molar-refractivity contribution is 6.30. The van der Waals surface area contributed by atoms with Gasteiger partial charge in [0.15, 0.2) is 0 Å². The Labute approximate surface area is 205 Å². The Morgan fingerprint density at radius 3 is 2.24 bits per heavy atom.